The first-order chi connectivity index (χ1) is 14.6. The maximum atomic E-state index is 13.2. The van der Waals surface area contributed by atoms with Crippen molar-refractivity contribution in [3.8, 4) is 11.3 Å². The van der Waals surface area contributed by atoms with Gasteiger partial charge in [-0.15, -0.1) is 0 Å². The number of hydrogen-bond acceptors (Lipinski definition) is 5. The lowest BCUT2D eigenvalue weighted by Crippen LogP contribution is -2.24. The van der Waals surface area contributed by atoms with Crippen molar-refractivity contribution >= 4 is 28.5 Å². The fraction of sp³-hybridized carbons (Fsp3) is 0.136. The minimum Gasteiger partial charge on any atom is -0.352 e. The molecule has 0 bridgehead atoms. The third-order valence-electron chi connectivity index (χ3n) is 4.57. The zero-order chi connectivity index (χ0) is 20.9. The molecule has 0 aliphatic heterocycles. The molecule has 4 rings (SSSR count). The van der Waals surface area contributed by atoms with Crippen LogP contribution < -0.4 is 5.32 Å². The van der Waals surface area contributed by atoms with Gasteiger partial charge in [0.15, 0.2) is 5.15 Å². The summed E-state index contributed by atoms with van der Waals surface area (Å²) in [7, 11) is 0. The summed E-state index contributed by atoms with van der Waals surface area (Å²) in [5.41, 5.74) is 3.76. The fourth-order valence-electron chi connectivity index (χ4n) is 3.03. The van der Waals surface area contributed by atoms with Crippen LogP contribution in [0.3, 0.4) is 0 Å². The number of fused-ring (bicyclic) bond motifs is 1. The van der Waals surface area contributed by atoms with E-state index in [9.17, 15) is 9.18 Å². The van der Waals surface area contributed by atoms with E-state index < -0.39 is 0 Å². The van der Waals surface area contributed by atoms with Crippen molar-refractivity contribution in [3.05, 3.63) is 83.0 Å². The first kappa shape index (κ1) is 19.8. The van der Waals surface area contributed by atoms with Crippen molar-refractivity contribution in [2.24, 2.45) is 0 Å². The fourth-order valence-corrected chi connectivity index (χ4v) is 3.27. The molecule has 0 saturated carbocycles. The van der Waals surface area contributed by atoms with Gasteiger partial charge in [-0.25, -0.2) is 14.4 Å². The number of carbonyl (C=O) groups is 1. The Hall–Kier alpha value is -3.45. The van der Waals surface area contributed by atoms with Crippen LogP contribution in [-0.2, 0) is 6.42 Å². The van der Waals surface area contributed by atoms with E-state index in [1.807, 2.05) is 6.07 Å². The summed E-state index contributed by atoms with van der Waals surface area (Å²) in [6.45, 7) is 0.534. The summed E-state index contributed by atoms with van der Waals surface area (Å²) in [4.78, 5) is 21.4. The SMILES string of the molecule is O=C(NCCCc1ccnnc1)c1ccc2nc(Cl)c(-c3ccc(F)cc3)nc2c1. The van der Waals surface area contributed by atoms with E-state index in [2.05, 4.69) is 25.5 Å². The van der Waals surface area contributed by atoms with Gasteiger partial charge in [0.1, 0.15) is 11.5 Å². The smallest absolute Gasteiger partial charge is 0.251 e. The highest BCUT2D eigenvalue weighted by atomic mass is 35.5. The Labute approximate surface area is 177 Å². The van der Waals surface area contributed by atoms with Crippen molar-refractivity contribution in [3.63, 3.8) is 0 Å². The van der Waals surface area contributed by atoms with Gasteiger partial charge in [0.25, 0.3) is 5.91 Å². The molecule has 0 atom stereocenters. The van der Waals surface area contributed by atoms with Crippen molar-refractivity contribution in [2.75, 3.05) is 6.54 Å². The van der Waals surface area contributed by atoms with Crippen molar-refractivity contribution < 1.29 is 9.18 Å². The molecule has 0 aliphatic carbocycles. The Kier molecular flexibility index (Phi) is 5.90. The highest BCUT2D eigenvalue weighted by molar-refractivity contribution is 6.32. The molecule has 4 aromatic rings. The van der Waals surface area contributed by atoms with Crippen LogP contribution in [0.25, 0.3) is 22.3 Å². The zero-order valence-corrected chi connectivity index (χ0v) is 16.6. The maximum absolute atomic E-state index is 13.2. The minimum atomic E-state index is -0.345. The summed E-state index contributed by atoms with van der Waals surface area (Å²) in [6.07, 6.45) is 4.96. The second kappa shape index (κ2) is 8.92. The first-order valence-electron chi connectivity index (χ1n) is 9.37. The van der Waals surface area contributed by atoms with Crippen LogP contribution in [0.15, 0.2) is 60.9 Å². The third-order valence-corrected chi connectivity index (χ3v) is 4.84. The van der Waals surface area contributed by atoms with Crippen LogP contribution in [0.5, 0.6) is 0 Å². The van der Waals surface area contributed by atoms with E-state index in [0.29, 0.717) is 34.4 Å². The second-order valence-corrected chi connectivity index (χ2v) is 7.04. The van der Waals surface area contributed by atoms with Crippen molar-refractivity contribution in [1.82, 2.24) is 25.5 Å². The molecular weight excluding hydrogens is 405 g/mol. The number of benzene rings is 2. The molecular formula is C22H17ClFN5O. The number of nitrogens with zero attached hydrogens (tertiary/aromatic N) is 4. The molecule has 1 N–H and O–H groups in total. The lowest BCUT2D eigenvalue weighted by Gasteiger charge is -2.08. The number of hydrogen-bond donors (Lipinski definition) is 1. The molecule has 0 unspecified atom stereocenters. The van der Waals surface area contributed by atoms with Crippen molar-refractivity contribution in [1.29, 1.82) is 0 Å². The van der Waals surface area contributed by atoms with Crippen LogP contribution in [-0.4, -0.2) is 32.6 Å². The summed E-state index contributed by atoms with van der Waals surface area (Å²) in [5.74, 6) is -0.535. The maximum Gasteiger partial charge on any atom is 0.251 e. The van der Waals surface area contributed by atoms with Gasteiger partial charge in [-0.3, -0.25) is 4.79 Å². The molecule has 0 saturated heterocycles. The molecule has 150 valence electrons. The molecule has 6 nitrogen and oxygen atoms in total. The summed E-state index contributed by atoms with van der Waals surface area (Å²) >= 11 is 6.26. The highest BCUT2D eigenvalue weighted by Crippen LogP contribution is 2.27. The summed E-state index contributed by atoms with van der Waals surface area (Å²) < 4.78 is 13.2. The molecule has 30 heavy (non-hydrogen) atoms. The largest absolute Gasteiger partial charge is 0.352 e. The lowest BCUT2D eigenvalue weighted by atomic mass is 10.1. The van der Waals surface area contributed by atoms with Crippen molar-refractivity contribution in [2.45, 2.75) is 12.8 Å². The average molecular weight is 422 g/mol. The van der Waals surface area contributed by atoms with Gasteiger partial charge in [0.05, 0.1) is 17.2 Å². The van der Waals surface area contributed by atoms with E-state index >= 15 is 0 Å². The number of amides is 1. The Bertz CT molecular complexity index is 1190. The molecule has 0 aliphatic rings. The van der Waals surface area contributed by atoms with Gasteiger partial charge in [0, 0.05) is 23.9 Å². The standard InChI is InChI=1S/C22H17ClFN5O/c23-21-20(15-3-6-17(24)7-4-15)28-19-12-16(5-8-18(19)29-21)22(30)25-10-1-2-14-9-11-26-27-13-14/h3-9,11-13H,1-2,10H2,(H,25,30). The Morgan fingerprint density at radius 2 is 1.83 bits per heavy atom. The van der Waals surface area contributed by atoms with Crippen LogP contribution in [0.2, 0.25) is 5.15 Å². The molecule has 1 amide bonds. The molecule has 0 radical (unpaired) electrons. The van der Waals surface area contributed by atoms with E-state index in [0.717, 1.165) is 18.4 Å². The van der Waals surface area contributed by atoms with Crippen LogP contribution in [0.4, 0.5) is 4.39 Å². The average Bonchev–Trinajstić information content (AvgIpc) is 2.77. The normalized spacial score (nSPS) is 10.9. The first-order valence-corrected chi connectivity index (χ1v) is 9.75. The number of aromatic nitrogens is 4. The van der Waals surface area contributed by atoms with E-state index in [1.54, 1.807) is 42.7 Å². The topological polar surface area (TPSA) is 80.7 Å². The lowest BCUT2D eigenvalue weighted by molar-refractivity contribution is 0.0953. The quantitative estimate of drug-likeness (QED) is 0.471. The summed E-state index contributed by atoms with van der Waals surface area (Å²) in [6, 6.07) is 12.8. The molecule has 2 aromatic carbocycles. The Morgan fingerprint density at radius 1 is 1.00 bits per heavy atom. The number of halogens is 2. The Morgan fingerprint density at radius 3 is 2.60 bits per heavy atom. The number of rotatable bonds is 6. The molecule has 0 fully saturated rings. The van der Waals surface area contributed by atoms with Crippen LogP contribution >= 0.6 is 11.6 Å². The second-order valence-electron chi connectivity index (χ2n) is 6.68. The number of carbonyl (C=O) groups excluding carboxylic acids is 1. The molecule has 2 heterocycles. The zero-order valence-electron chi connectivity index (χ0n) is 15.8. The predicted molar refractivity (Wildman–Crippen MR) is 113 cm³/mol. The van der Waals surface area contributed by atoms with Gasteiger partial charge in [-0.1, -0.05) is 11.6 Å². The van der Waals surface area contributed by atoms with E-state index in [-0.39, 0.29) is 16.9 Å². The van der Waals surface area contributed by atoms with E-state index in [4.69, 9.17) is 11.6 Å². The molecule has 2 aromatic heterocycles. The molecule has 8 heteroatoms. The highest BCUT2D eigenvalue weighted by Gasteiger charge is 2.12. The minimum absolute atomic E-state index is 0.190. The predicted octanol–water partition coefficient (Wildman–Crippen LogP) is 4.24. The number of nitrogens with one attached hydrogen (secondary N) is 1. The van der Waals surface area contributed by atoms with E-state index in [1.165, 1.54) is 12.1 Å². The monoisotopic (exact) mass is 421 g/mol. The van der Waals surface area contributed by atoms with Crippen LogP contribution in [0.1, 0.15) is 22.3 Å². The number of aryl methyl sites for hydroxylation is 1. The van der Waals surface area contributed by atoms with Gasteiger partial charge in [-0.05, 0) is 66.9 Å². The van der Waals surface area contributed by atoms with Crippen LogP contribution in [0, 0.1) is 5.82 Å². The van der Waals surface area contributed by atoms with Gasteiger partial charge < -0.3 is 5.32 Å². The third kappa shape index (κ3) is 4.58. The molecule has 0 spiro atoms. The summed E-state index contributed by atoms with van der Waals surface area (Å²) in [5, 5.41) is 10.7. The van der Waals surface area contributed by atoms with Gasteiger partial charge in [-0.2, -0.15) is 10.2 Å². The Balaban J connectivity index is 1.48. The van der Waals surface area contributed by atoms with Gasteiger partial charge in [0.2, 0.25) is 0 Å². The van der Waals surface area contributed by atoms with Gasteiger partial charge >= 0.3 is 0 Å².